The minimum Gasteiger partial charge on any atom is -0.351 e. The molecule has 0 unspecified atom stereocenters. The Balaban J connectivity index is 1.38. The van der Waals surface area contributed by atoms with E-state index >= 15 is 0 Å². The van der Waals surface area contributed by atoms with Gasteiger partial charge in [-0.05, 0) is 24.1 Å². The van der Waals surface area contributed by atoms with Crippen molar-refractivity contribution in [2.75, 3.05) is 26.2 Å². The molecule has 0 aliphatic carbocycles. The summed E-state index contributed by atoms with van der Waals surface area (Å²) in [6.07, 6.45) is 0. The first-order valence-electron chi connectivity index (χ1n) is 11.2. The van der Waals surface area contributed by atoms with Crippen LogP contribution in [0.15, 0.2) is 84.9 Å². The normalized spacial score (nSPS) is 16.1. The number of hydrogen-bond acceptors (Lipinski definition) is 3. The Hall–Kier alpha value is -3.02. The highest BCUT2D eigenvalue weighted by Crippen LogP contribution is 2.29. The predicted octanol–water partition coefficient (Wildman–Crippen LogP) is 4.24. The smallest absolute Gasteiger partial charge is 0.237 e. The van der Waals surface area contributed by atoms with Crippen LogP contribution in [0, 0.1) is 5.82 Å². The zero-order chi connectivity index (χ0) is 22.3. The predicted molar refractivity (Wildman–Crippen MR) is 126 cm³/mol. The fourth-order valence-electron chi connectivity index (χ4n) is 4.41. The van der Waals surface area contributed by atoms with Crippen molar-refractivity contribution >= 4 is 5.91 Å². The third kappa shape index (κ3) is 5.23. The molecule has 1 aliphatic heterocycles. The average molecular weight is 432 g/mol. The molecule has 1 N–H and O–H groups in total. The molecule has 1 saturated heterocycles. The molecular formula is C27H30FN3O. The van der Waals surface area contributed by atoms with Crippen molar-refractivity contribution < 1.29 is 9.18 Å². The Bertz CT molecular complexity index is 964. The molecule has 4 nitrogen and oxygen atoms in total. The van der Waals surface area contributed by atoms with Crippen LogP contribution in [0.1, 0.15) is 29.7 Å². The van der Waals surface area contributed by atoms with E-state index in [1.54, 1.807) is 18.2 Å². The van der Waals surface area contributed by atoms with E-state index in [9.17, 15) is 9.18 Å². The molecule has 0 aromatic heterocycles. The van der Waals surface area contributed by atoms with Gasteiger partial charge in [-0.1, -0.05) is 78.9 Å². The molecule has 1 aliphatic rings. The van der Waals surface area contributed by atoms with E-state index in [1.165, 1.54) is 17.2 Å². The second kappa shape index (κ2) is 10.5. The second-order valence-electron chi connectivity index (χ2n) is 8.28. The Labute approximate surface area is 189 Å². The van der Waals surface area contributed by atoms with Crippen LogP contribution in [-0.4, -0.2) is 47.9 Å². The first kappa shape index (κ1) is 22.2. The van der Waals surface area contributed by atoms with Crippen LogP contribution in [0.25, 0.3) is 0 Å². The van der Waals surface area contributed by atoms with Gasteiger partial charge in [0.05, 0.1) is 12.1 Å². The van der Waals surface area contributed by atoms with Gasteiger partial charge in [0.25, 0.3) is 0 Å². The first-order chi connectivity index (χ1) is 15.6. The van der Waals surface area contributed by atoms with E-state index in [-0.39, 0.29) is 30.4 Å². The number of nitrogens with zero attached hydrogens (tertiary/aromatic N) is 2. The molecule has 1 fully saturated rings. The minimum atomic E-state index is -0.290. The van der Waals surface area contributed by atoms with Crippen LogP contribution in [0.2, 0.25) is 0 Å². The molecule has 3 aromatic carbocycles. The molecule has 1 heterocycles. The number of nitrogens with one attached hydrogen (secondary N) is 1. The summed E-state index contributed by atoms with van der Waals surface area (Å²) >= 11 is 0. The number of piperazine rings is 1. The number of carbonyl (C=O) groups excluding carboxylic acids is 1. The zero-order valence-corrected chi connectivity index (χ0v) is 18.5. The van der Waals surface area contributed by atoms with Crippen molar-refractivity contribution in [1.29, 1.82) is 0 Å². The van der Waals surface area contributed by atoms with Gasteiger partial charge < -0.3 is 5.32 Å². The number of carbonyl (C=O) groups is 1. The van der Waals surface area contributed by atoms with Crippen molar-refractivity contribution in [3.63, 3.8) is 0 Å². The highest BCUT2D eigenvalue weighted by molar-refractivity contribution is 5.81. The molecule has 4 rings (SSSR count). The molecule has 32 heavy (non-hydrogen) atoms. The van der Waals surface area contributed by atoms with E-state index in [2.05, 4.69) is 63.6 Å². The van der Waals surface area contributed by atoms with E-state index in [0.29, 0.717) is 5.56 Å². The largest absolute Gasteiger partial charge is 0.351 e. The van der Waals surface area contributed by atoms with Crippen molar-refractivity contribution in [1.82, 2.24) is 15.1 Å². The van der Waals surface area contributed by atoms with Crippen LogP contribution in [-0.2, 0) is 11.3 Å². The number of amides is 1. The Morgan fingerprint density at radius 3 is 1.88 bits per heavy atom. The number of benzene rings is 3. The van der Waals surface area contributed by atoms with E-state index in [0.717, 1.165) is 26.2 Å². The van der Waals surface area contributed by atoms with Gasteiger partial charge in [-0.3, -0.25) is 14.6 Å². The van der Waals surface area contributed by atoms with Crippen molar-refractivity contribution in [3.8, 4) is 0 Å². The first-order valence-corrected chi connectivity index (χ1v) is 11.2. The van der Waals surface area contributed by atoms with Gasteiger partial charge in [0.15, 0.2) is 0 Å². The fraction of sp³-hybridized carbons (Fsp3) is 0.296. The highest BCUT2D eigenvalue weighted by atomic mass is 19.1. The van der Waals surface area contributed by atoms with Crippen LogP contribution >= 0.6 is 0 Å². The van der Waals surface area contributed by atoms with Crippen molar-refractivity contribution in [2.24, 2.45) is 0 Å². The molecule has 1 atom stereocenters. The minimum absolute atomic E-state index is 0.0654. The molecule has 0 radical (unpaired) electrons. The van der Waals surface area contributed by atoms with Crippen LogP contribution in [0.5, 0.6) is 0 Å². The number of rotatable bonds is 7. The summed E-state index contributed by atoms with van der Waals surface area (Å²) in [7, 11) is 0. The van der Waals surface area contributed by atoms with E-state index in [4.69, 9.17) is 0 Å². The van der Waals surface area contributed by atoms with E-state index in [1.807, 2.05) is 19.1 Å². The highest BCUT2D eigenvalue weighted by Gasteiger charge is 2.30. The van der Waals surface area contributed by atoms with Gasteiger partial charge in [0.2, 0.25) is 5.91 Å². The van der Waals surface area contributed by atoms with Gasteiger partial charge in [0, 0.05) is 38.3 Å². The fourth-order valence-corrected chi connectivity index (χ4v) is 4.41. The standard InChI is InChI=1S/C27H30FN3O/c1-21(27(32)29-20-24-14-8-9-15-25(24)28)30-16-18-31(19-17-30)26(22-10-4-2-5-11-22)23-12-6-3-7-13-23/h2-15,21,26H,16-20H2,1H3,(H,29,32)/t21-/m0/s1. The quantitative estimate of drug-likeness (QED) is 0.608. The molecule has 0 saturated carbocycles. The number of hydrogen-bond donors (Lipinski definition) is 1. The van der Waals surface area contributed by atoms with E-state index < -0.39 is 0 Å². The summed E-state index contributed by atoms with van der Waals surface area (Å²) in [5.74, 6) is -0.355. The lowest BCUT2D eigenvalue weighted by molar-refractivity contribution is -0.126. The maximum atomic E-state index is 13.8. The molecule has 166 valence electrons. The lowest BCUT2D eigenvalue weighted by atomic mass is 9.96. The maximum Gasteiger partial charge on any atom is 0.237 e. The summed E-state index contributed by atoms with van der Waals surface area (Å²) in [4.78, 5) is 17.4. The second-order valence-corrected chi connectivity index (χ2v) is 8.28. The third-order valence-electron chi connectivity index (χ3n) is 6.28. The van der Waals surface area contributed by atoms with Gasteiger partial charge in [-0.15, -0.1) is 0 Å². The molecular weight excluding hydrogens is 401 g/mol. The Morgan fingerprint density at radius 1 is 0.812 bits per heavy atom. The molecule has 1 amide bonds. The lowest BCUT2D eigenvalue weighted by Gasteiger charge is -2.41. The van der Waals surface area contributed by atoms with Crippen LogP contribution in [0.4, 0.5) is 4.39 Å². The van der Waals surface area contributed by atoms with Gasteiger partial charge in [0.1, 0.15) is 5.82 Å². The summed E-state index contributed by atoms with van der Waals surface area (Å²) < 4.78 is 13.8. The van der Waals surface area contributed by atoms with Crippen molar-refractivity contribution in [3.05, 3.63) is 107 Å². The summed E-state index contributed by atoms with van der Waals surface area (Å²) in [5, 5.41) is 2.89. The lowest BCUT2D eigenvalue weighted by Crippen LogP contribution is -2.54. The van der Waals surface area contributed by atoms with Crippen LogP contribution < -0.4 is 5.32 Å². The summed E-state index contributed by atoms with van der Waals surface area (Å²) in [6, 6.07) is 27.7. The van der Waals surface area contributed by atoms with Crippen molar-refractivity contribution in [2.45, 2.75) is 25.6 Å². The average Bonchev–Trinajstić information content (AvgIpc) is 2.85. The molecule has 5 heteroatoms. The monoisotopic (exact) mass is 431 g/mol. The number of halogens is 1. The third-order valence-corrected chi connectivity index (χ3v) is 6.28. The van der Waals surface area contributed by atoms with Crippen LogP contribution in [0.3, 0.4) is 0 Å². The summed E-state index contributed by atoms with van der Waals surface area (Å²) in [5.41, 5.74) is 3.07. The molecule has 3 aromatic rings. The van der Waals surface area contributed by atoms with Gasteiger partial charge in [-0.2, -0.15) is 0 Å². The Kier molecular flexibility index (Phi) is 7.30. The SMILES string of the molecule is C[C@@H](C(=O)NCc1ccccc1F)N1CCN(C(c2ccccc2)c2ccccc2)CC1. The maximum absolute atomic E-state index is 13.8. The molecule has 0 bridgehead atoms. The van der Waals surface area contributed by atoms with Gasteiger partial charge >= 0.3 is 0 Å². The topological polar surface area (TPSA) is 35.6 Å². The Morgan fingerprint density at radius 2 is 1.31 bits per heavy atom. The molecule has 0 spiro atoms. The summed E-state index contributed by atoms with van der Waals surface area (Å²) in [6.45, 7) is 5.51. The van der Waals surface area contributed by atoms with Gasteiger partial charge in [-0.25, -0.2) is 4.39 Å². The zero-order valence-electron chi connectivity index (χ0n) is 18.5.